The van der Waals surface area contributed by atoms with Gasteiger partial charge >= 0.3 is 0 Å². The van der Waals surface area contributed by atoms with E-state index in [1.165, 1.54) is 58.0 Å². The first-order valence-electron chi connectivity index (χ1n) is 8.50. The van der Waals surface area contributed by atoms with Crippen LogP contribution in [0.25, 0.3) is 0 Å². The number of piperazine rings is 1. The molecule has 2 heteroatoms. The quantitative estimate of drug-likeness (QED) is 0.817. The summed E-state index contributed by atoms with van der Waals surface area (Å²) in [5.74, 6) is 0.758. The van der Waals surface area contributed by atoms with Crippen LogP contribution in [0.3, 0.4) is 0 Å². The van der Waals surface area contributed by atoms with E-state index in [0.717, 1.165) is 18.0 Å². The minimum absolute atomic E-state index is 0.285. The Hall–Kier alpha value is -0.0800. The van der Waals surface area contributed by atoms with Crippen molar-refractivity contribution in [2.75, 3.05) is 13.1 Å². The maximum absolute atomic E-state index is 3.75. The van der Waals surface area contributed by atoms with Crippen LogP contribution in [-0.2, 0) is 0 Å². The highest BCUT2D eigenvalue weighted by Gasteiger charge is 2.37. The van der Waals surface area contributed by atoms with Crippen LogP contribution in [0.15, 0.2) is 0 Å². The van der Waals surface area contributed by atoms with Crippen molar-refractivity contribution in [3.8, 4) is 0 Å². The van der Waals surface area contributed by atoms with Gasteiger partial charge in [-0.05, 0) is 32.6 Å². The summed E-state index contributed by atoms with van der Waals surface area (Å²) < 4.78 is 0. The van der Waals surface area contributed by atoms with E-state index < -0.39 is 0 Å². The number of nitrogens with zero attached hydrogens (tertiary/aromatic N) is 1. The van der Waals surface area contributed by atoms with Gasteiger partial charge in [-0.3, -0.25) is 4.90 Å². The molecule has 112 valence electrons. The van der Waals surface area contributed by atoms with E-state index in [1.54, 1.807) is 0 Å². The third-order valence-corrected chi connectivity index (χ3v) is 5.11. The monoisotopic (exact) mass is 266 g/mol. The summed E-state index contributed by atoms with van der Waals surface area (Å²) >= 11 is 0. The molecule has 2 aliphatic rings. The molecule has 0 aromatic heterocycles. The van der Waals surface area contributed by atoms with Crippen LogP contribution in [0.5, 0.6) is 0 Å². The SMILES string of the molecule is CC(C)C1CNC(C)(C)CN1C1CCCCCCC1. The summed E-state index contributed by atoms with van der Waals surface area (Å²) in [5, 5.41) is 3.75. The number of hydrogen-bond acceptors (Lipinski definition) is 2. The second-order valence-electron chi connectivity index (χ2n) is 7.75. The van der Waals surface area contributed by atoms with Gasteiger partial charge in [0.1, 0.15) is 0 Å². The fourth-order valence-electron chi connectivity index (χ4n) is 3.91. The molecule has 0 amide bonds. The van der Waals surface area contributed by atoms with Crippen LogP contribution in [0.4, 0.5) is 0 Å². The lowest BCUT2D eigenvalue weighted by molar-refractivity contribution is 0.0220. The lowest BCUT2D eigenvalue weighted by Gasteiger charge is -2.50. The fourth-order valence-corrected chi connectivity index (χ4v) is 3.91. The highest BCUT2D eigenvalue weighted by atomic mass is 15.3. The van der Waals surface area contributed by atoms with E-state index >= 15 is 0 Å². The summed E-state index contributed by atoms with van der Waals surface area (Å²) in [6.45, 7) is 11.9. The van der Waals surface area contributed by atoms with E-state index in [4.69, 9.17) is 0 Å². The van der Waals surface area contributed by atoms with Crippen LogP contribution < -0.4 is 5.32 Å². The van der Waals surface area contributed by atoms with E-state index in [1.807, 2.05) is 0 Å². The topological polar surface area (TPSA) is 15.3 Å². The first kappa shape index (κ1) is 15.3. The third-order valence-electron chi connectivity index (χ3n) is 5.11. The molecule has 1 saturated carbocycles. The Morgan fingerprint density at radius 1 is 1.00 bits per heavy atom. The largest absolute Gasteiger partial charge is 0.309 e. The summed E-state index contributed by atoms with van der Waals surface area (Å²) in [6.07, 6.45) is 10.1. The zero-order valence-electron chi connectivity index (χ0n) is 13.5. The molecule has 0 radical (unpaired) electrons. The van der Waals surface area contributed by atoms with Gasteiger partial charge in [-0.15, -0.1) is 0 Å². The zero-order chi connectivity index (χ0) is 13.9. The summed E-state index contributed by atoms with van der Waals surface area (Å²) in [6, 6.07) is 1.58. The highest BCUT2D eigenvalue weighted by molar-refractivity contribution is 4.96. The predicted molar refractivity (Wildman–Crippen MR) is 83.5 cm³/mol. The van der Waals surface area contributed by atoms with Crippen molar-refractivity contribution >= 4 is 0 Å². The van der Waals surface area contributed by atoms with E-state index in [-0.39, 0.29) is 5.54 Å². The van der Waals surface area contributed by atoms with Gasteiger partial charge in [0.2, 0.25) is 0 Å². The van der Waals surface area contributed by atoms with Crippen molar-refractivity contribution in [1.29, 1.82) is 0 Å². The van der Waals surface area contributed by atoms with Gasteiger partial charge in [-0.25, -0.2) is 0 Å². The van der Waals surface area contributed by atoms with E-state index in [9.17, 15) is 0 Å². The maximum atomic E-state index is 3.75. The van der Waals surface area contributed by atoms with Crippen molar-refractivity contribution < 1.29 is 0 Å². The third kappa shape index (κ3) is 4.19. The van der Waals surface area contributed by atoms with Gasteiger partial charge in [-0.2, -0.15) is 0 Å². The Morgan fingerprint density at radius 2 is 1.58 bits per heavy atom. The molecule has 1 heterocycles. The zero-order valence-corrected chi connectivity index (χ0v) is 13.5. The maximum Gasteiger partial charge on any atom is 0.0253 e. The Bertz CT molecular complexity index is 264. The summed E-state index contributed by atoms with van der Waals surface area (Å²) in [4.78, 5) is 2.87. The molecule has 0 aromatic carbocycles. The van der Waals surface area contributed by atoms with Crippen molar-refractivity contribution in [3.05, 3.63) is 0 Å². The lowest BCUT2D eigenvalue weighted by atomic mass is 9.87. The van der Waals surface area contributed by atoms with Crippen LogP contribution >= 0.6 is 0 Å². The second kappa shape index (κ2) is 6.58. The Labute approximate surface area is 120 Å². The molecule has 1 atom stereocenters. The van der Waals surface area contributed by atoms with Gasteiger partial charge in [0.25, 0.3) is 0 Å². The van der Waals surface area contributed by atoms with Gasteiger partial charge in [0.15, 0.2) is 0 Å². The predicted octanol–water partition coefficient (Wildman–Crippen LogP) is 3.81. The van der Waals surface area contributed by atoms with Crippen molar-refractivity contribution in [2.45, 2.75) is 90.3 Å². The minimum atomic E-state index is 0.285. The van der Waals surface area contributed by atoms with E-state index in [2.05, 4.69) is 37.9 Å². The molecule has 2 fully saturated rings. The molecule has 2 rings (SSSR count). The number of hydrogen-bond donors (Lipinski definition) is 1. The molecule has 19 heavy (non-hydrogen) atoms. The van der Waals surface area contributed by atoms with Crippen molar-refractivity contribution in [2.24, 2.45) is 5.92 Å². The standard InChI is InChI=1S/C17H34N2/c1-14(2)16-12-18-17(3,4)13-19(16)15-10-8-6-5-7-9-11-15/h14-16,18H,5-13H2,1-4H3. The van der Waals surface area contributed by atoms with Crippen molar-refractivity contribution in [3.63, 3.8) is 0 Å². The average Bonchev–Trinajstić information content (AvgIpc) is 2.26. The molecule has 1 saturated heterocycles. The smallest absolute Gasteiger partial charge is 0.0253 e. The Kier molecular flexibility index (Phi) is 5.30. The average molecular weight is 266 g/mol. The molecular weight excluding hydrogens is 232 g/mol. The first-order chi connectivity index (χ1) is 8.99. The minimum Gasteiger partial charge on any atom is -0.309 e. The lowest BCUT2D eigenvalue weighted by Crippen LogP contribution is -2.65. The summed E-state index contributed by atoms with van der Waals surface area (Å²) in [7, 11) is 0. The van der Waals surface area contributed by atoms with Crippen LogP contribution in [0.1, 0.15) is 72.6 Å². The van der Waals surface area contributed by atoms with Crippen LogP contribution in [0.2, 0.25) is 0 Å². The van der Waals surface area contributed by atoms with E-state index in [0.29, 0.717) is 0 Å². The molecule has 2 nitrogen and oxygen atoms in total. The van der Waals surface area contributed by atoms with Crippen LogP contribution in [0, 0.1) is 5.92 Å². The second-order valence-corrected chi connectivity index (χ2v) is 7.75. The molecule has 1 aliphatic carbocycles. The van der Waals surface area contributed by atoms with Gasteiger partial charge < -0.3 is 5.32 Å². The molecule has 0 bridgehead atoms. The highest BCUT2D eigenvalue weighted by Crippen LogP contribution is 2.29. The molecular formula is C17H34N2. The summed E-state index contributed by atoms with van der Waals surface area (Å²) in [5.41, 5.74) is 0.285. The molecule has 1 N–H and O–H groups in total. The number of nitrogens with one attached hydrogen (secondary N) is 1. The molecule has 1 unspecified atom stereocenters. The normalized spacial score (nSPS) is 31.1. The molecule has 1 aliphatic heterocycles. The molecule has 0 spiro atoms. The Morgan fingerprint density at radius 3 is 2.16 bits per heavy atom. The Balaban J connectivity index is 2.06. The van der Waals surface area contributed by atoms with Crippen LogP contribution in [-0.4, -0.2) is 35.6 Å². The van der Waals surface area contributed by atoms with Gasteiger partial charge in [-0.1, -0.05) is 46.0 Å². The van der Waals surface area contributed by atoms with Gasteiger partial charge in [0, 0.05) is 30.7 Å². The number of rotatable bonds is 2. The first-order valence-corrected chi connectivity index (χ1v) is 8.50. The van der Waals surface area contributed by atoms with Gasteiger partial charge in [0.05, 0.1) is 0 Å². The van der Waals surface area contributed by atoms with Crippen molar-refractivity contribution in [1.82, 2.24) is 10.2 Å². The molecule has 0 aromatic rings. The fraction of sp³-hybridized carbons (Fsp3) is 1.00.